The van der Waals surface area contributed by atoms with Gasteiger partial charge in [-0.15, -0.1) is 0 Å². The molecule has 0 saturated carbocycles. The van der Waals surface area contributed by atoms with Crippen LogP contribution in [0.3, 0.4) is 0 Å². The van der Waals surface area contributed by atoms with Crippen molar-refractivity contribution >= 4 is 21.9 Å². The summed E-state index contributed by atoms with van der Waals surface area (Å²) in [5.41, 5.74) is 7.74. The zero-order chi connectivity index (χ0) is 14.8. The number of imidazole rings is 1. The fourth-order valence-corrected chi connectivity index (χ4v) is 2.73. The predicted octanol–water partition coefficient (Wildman–Crippen LogP) is 3.37. The number of fused-ring (bicyclic) bond motifs is 3. The SMILES string of the molecule is c1ccc(CCNn2cnc3cnc4ccccc4c32)cc1. The maximum atomic E-state index is 4.45. The van der Waals surface area contributed by atoms with Crippen LogP contribution in [-0.4, -0.2) is 21.2 Å². The monoisotopic (exact) mass is 288 g/mol. The van der Waals surface area contributed by atoms with Gasteiger partial charge in [0.05, 0.1) is 11.7 Å². The Balaban J connectivity index is 1.63. The molecule has 0 fully saturated rings. The third kappa shape index (κ3) is 2.29. The van der Waals surface area contributed by atoms with Crippen LogP contribution in [0, 0.1) is 0 Å². The lowest BCUT2D eigenvalue weighted by atomic mass is 10.2. The second-order valence-electron chi connectivity index (χ2n) is 5.27. The van der Waals surface area contributed by atoms with Crippen molar-refractivity contribution < 1.29 is 0 Å². The Kier molecular flexibility index (Phi) is 3.20. The molecule has 0 bridgehead atoms. The van der Waals surface area contributed by atoms with Crippen molar-refractivity contribution in [2.45, 2.75) is 6.42 Å². The molecule has 0 aliphatic carbocycles. The van der Waals surface area contributed by atoms with Crippen molar-refractivity contribution in [3.05, 3.63) is 72.7 Å². The summed E-state index contributed by atoms with van der Waals surface area (Å²) in [5, 5.41) is 1.12. The van der Waals surface area contributed by atoms with Crippen LogP contribution in [0.25, 0.3) is 21.9 Å². The van der Waals surface area contributed by atoms with E-state index in [9.17, 15) is 0 Å². The van der Waals surface area contributed by atoms with Crippen LogP contribution >= 0.6 is 0 Å². The summed E-state index contributed by atoms with van der Waals surface area (Å²) in [6, 6.07) is 18.6. The lowest BCUT2D eigenvalue weighted by Crippen LogP contribution is -2.16. The third-order valence-electron chi connectivity index (χ3n) is 3.82. The molecule has 0 radical (unpaired) electrons. The summed E-state index contributed by atoms with van der Waals surface area (Å²) in [4.78, 5) is 8.88. The van der Waals surface area contributed by atoms with E-state index in [4.69, 9.17) is 0 Å². The molecule has 2 aromatic heterocycles. The van der Waals surface area contributed by atoms with E-state index in [2.05, 4.69) is 45.7 Å². The first-order valence-electron chi connectivity index (χ1n) is 7.40. The van der Waals surface area contributed by atoms with Crippen LogP contribution in [0.15, 0.2) is 67.1 Å². The van der Waals surface area contributed by atoms with Crippen molar-refractivity contribution in [2.24, 2.45) is 0 Å². The van der Waals surface area contributed by atoms with Gasteiger partial charge < -0.3 is 5.43 Å². The van der Waals surface area contributed by atoms with Gasteiger partial charge in [-0.2, -0.15) is 0 Å². The van der Waals surface area contributed by atoms with Gasteiger partial charge in [-0.3, -0.25) is 4.98 Å². The highest BCUT2D eigenvalue weighted by Crippen LogP contribution is 2.21. The van der Waals surface area contributed by atoms with Gasteiger partial charge in [0.25, 0.3) is 0 Å². The molecule has 108 valence electrons. The molecule has 4 nitrogen and oxygen atoms in total. The third-order valence-corrected chi connectivity index (χ3v) is 3.82. The molecular weight excluding hydrogens is 272 g/mol. The Labute approximate surface area is 128 Å². The topological polar surface area (TPSA) is 42.7 Å². The maximum absolute atomic E-state index is 4.45. The van der Waals surface area contributed by atoms with Crippen LogP contribution < -0.4 is 5.43 Å². The van der Waals surface area contributed by atoms with E-state index in [-0.39, 0.29) is 0 Å². The molecule has 0 aliphatic rings. The summed E-state index contributed by atoms with van der Waals surface area (Å²) in [6.07, 6.45) is 4.63. The van der Waals surface area contributed by atoms with Crippen molar-refractivity contribution in [2.75, 3.05) is 12.0 Å². The maximum Gasteiger partial charge on any atom is 0.115 e. The molecular formula is C18H16N4. The molecule has 0 unspecified atom stereocenters. The minimum absolute atomic E-state index is 0.853. The van der Waals surface area contributed by atoms with Gasteiger partial charge in [-0.05, 0) is 18.1 Å². The molecule has 0 spiro atoms. The highest BCUT2D eigenvalue weighted by molar-refractivity contribution is 6.02. The lowest BCUT2D eigenvalue weighted by molar-refractivity contribution is 0.842. The zero-order valence-electron chi connectivity index (χ0n) is 12.1. The van der Waals surface area contributed by atoms with Gasteiger partial charge in [-0.1, -0.05) is 48.5 Å². The van der Waals surface area contributed by atoms with Crippen molar-refractivity contribution in [3.8, 4) is 0 Å². The number of para-hydroxylation sites is 1. The average Bonchev–Trinajstić information content (AvgIpc) is 3.00. The van der Waals surface area contributed by atoms with Gasteiger partial charge in [0.2, 0.25) is 0 Å². The predicted molar refractivity (Wildman–Crippen MR) is 89.4 cm³/mol. The van der Waals surface area contributed by atoms with E-state index in [1.165, 1.54) is 5.56 Å². The lowest BCUT2D eigenvalue weighted by Gasteiger charge is -2.09. The van der Waals surface area contributed by atoms with Crippen LogP contribution in [-0.2, 0) is 6.42 Å². The quantitative estimate of drug-likeness (QED) is 0.626. The van der Waals surface area contributed by atoms with E-state index in [1.54, 1.807) is 0 Å². The first kappa shape index (κ1) is 12.8. The Bertz CT molecular complexity index is 912. The van der Waals surface area contributed by atoms with Gasteiger partial charge in [0.1, 0.15) is 17.4 Å². The van der Waals surface area contributed by atoms with E-state index < -0.39 is 0 Å². The molecule has 2 aromatic carbocycles. The van der Waals surface area contributed by atoms with E-state index in [0.717, 1.165) is 34.9 Å². The minimum atomic E-state index is 0.853. The Morgan fingerprint density at radius 2 is 1.68 bits per heavy atom. The standard InChI is InChI=1S/C18H16N4/c1-2-6-14(7-3-1)10-11-21-22-13-20-17-12-19-16-9-5-4-8-15(16)18(17)22/h1-9,12-13,21H,10-11H2. The fraction of sp³-hybridized carbons (Fsp3) is 0.111. The summed E-state index contributed by atoms with van der Waals surface area (Å²) >= 11 is 0. The van der Waals surface area contributed by atoms with Gasteiger partial charge in [-0.25, -0.2) is 9.66 Å². The second kappa shape index (κ2) is 5.48. The number of aromatic nitrogens is 3. The smallest absolute Gasteiger partial charge is 0.115 e. The molecule has 1 N–H and O–H groups in total. The van der Waals surface area contributed by atoms with Gasteiger partial charge >= 0.3 is 0 Å². The molecule has 22 heavy (non-hydrogen) atoms. The normalized spacial score (nSPS) is 11.1. The summed E-state index contributed by atoms with van der Waals surface area (Å²) in [7, 11) is 0. The van der Waals surface area contributed by atoms with Crippen LogP contribution in [0.4, 0.5) is 0 Å². The second-order valence-corrected chi connectivity index (χ2v) is 5.27. The fourth-order valence-electron chi connectivity index (χ4n) is 2.73. The summed E-state index contributed by atoms with van der Waals surface area (Å²) in [6.45, 7) is 0.853. The molecule has 4 heteroatoms. The Morgan fingerprint density at radius 1 is 0.864 bits per heavy atom. The van der Waals surface area contributed by atoms with Crippen LogP contribution in [0.2, 0.25) is 0 Å². The van der Waals surface area contributed by atoms with Crippen LogP contribution in [0.1, 0.15) is 5.56 Å². The number of benzene rings is 2. The molecule has 0 amide bonds. The number of pyridine rings is 1. The molecule has 0 aliphatic heterocycles. The average molecular weight is 288 g/mol. The molecule has 0 atom stereocenters. The van der Waals surface area contributed by atoms with Gasteiger partial charge in [0.15, 0.2) is 0 Å². The molecule has 2 heterocycles. The number of nitrogens with one attached hydrogen (secondary N) is 1. The number of hydrogen-bond donors (Lipinski definition) is 1. The number of nitrogens with zero attached hydrogens (tertiary/aromatic N) is 3. The van der Waals surface area contributed by atoms with E-state index >= 15 is 0 Å². The molecule has 4 aromatic rings. The minimum Gasteiger partial charge on any atom is -0.324 e. The summed E-state index contributed by atoms with van der Waals surface area (Å²) < 4.78 is 2.00. The molecule has 4 rings (SSSR count). The number of hydrogen-bond acceptors (Lipinski definition) is 3. The van der Waals surface area contributed by atoms with Crippen molar-refractivity contribution in [1.82, 2.24) is 14.6 Å². The highest BCUT2D eigenvalue weighted by atomic mass is 15.4. The summed E-state index contributed by atoms with van der Waals surface area (Å²) in [5.74, 6) is 0. The van der Waals surface area contributed by atoms with Gasteiger partial charge in [0, 0.05) is 11.9 Å². The Hall–Kier alpha value is -2.88. The zero-order valence-corrected chi connectivity index (χ0v) is 12.1. The van der Waals surface area contributed by atoms with Crippen molar-refractivity contribution in [3.63, 3.8) is 0 Å². The highest BCUT2D eigenvalue weighted by Gasteiger charge is 2.07. The van der Waals surface area contributed by atoms with E-state index in [0.29, 0.717) is 0 Å². The first-order chi connectivity index (χ1) is 10.9. The van der Waals surface area contributed by atoms with Crippen molar-refractivity contribution in [1.29, 1.82) is 0 Å². The van der Waals surface area contributed by atoms with Crippen LogP contribution in [0.5, 0.6) is 0 Å². The molecule has 0 saturated heterocycles. The largest absolute Gasteiger partial charge is 0.324 e. The Morgan fingerprint density at radius 3 is 2.59 bits per heavy atom. The number of rotatable bonds is 4. The van der Waals surface area contributed by atoms with E-state index in [1.807, 2.05) is 41.5 Å². The first-order valence-corrected chi connectivity index (χ1v) is 7.40.